The van der Waals surface area contributed by atoms with Crippen LogP contribution in [0.3, 0.4) is 0 Å². The lowest BCUT2D eigenvalue weighted by molar-refractivity contribution is -0.117. The van der Waals surface area contributed by atoms with Crippen molar-refractivity contribution in [1.29, 1.82) is 0 Å². The summed E-state index contributed by atoms with van der Waals surface area (Å²) in [6, 6.07) is 18.9. The molecule has 16 heteroatoms. The van der Waals surface area contributed by atoms with Crippen molar-refractivity contribution in [3.63, 3.8) is 0 Å². The van der Waals surface area contributed by atoms with E-state index in [2.05, 4.69) is 21.3 Å². The largest absolute Gasteiger partial charge is 0.491 e. The van der Waals surface area contributed by atoms with Gasteiger partial charge in [-0.2, -0.15) is 0 Å². The summed E-state index contributed by atoms with van der Waals surface area (Å²) in [7, 11) is 2.58. The summed E-state index contributed by atoms with van der Waals surface area (Å²) in [5.41, 5.74) is 2.76. The van der Waals surface area contributed by atoms with Gasteiger partial charge in [-0.15, -0.1) is 0 Å². The number of amides is 4. The van der Waals surface area contributed by atoms with E-state index in [1.807, 2.05) is 55.4 Å². The zero-order chi connectivity index (χ0) is 51.3. The summed E-state index contributed by atoms with van der Waals surface area (Å²) < 4.78 is 33.7. The van der Waals surface area contributed by atoms with Crippen LogP contribution in [0, 0.1) is 23.7 Å². The van der Waals surface area contributed by atoms with Crippen LogP contribution in [-0.2, 0) is 19.1 Å². The molecule has 0 aliphatic heterocycles. The summed E-state index contributed by atoms with van der Waals surface area (Å²) in [4.78, 5) is 77.7. The predicted molar refractivity (Wildman–Crippen MR) is 271 cm³/mol. The highest BCUT2D eigenvalue weighted by Gasteiger charge is 2.20. The van der Waals surface area contributed by atoms with E-state index in [-0.39, 0.29) is 70.6 Å². The van der Waals surface area contributed by atoms with Crippen molar-refractivity contribution >= 4 is 58.3 Å². The van der Waals surface area contributed by atoms with E-state index in [0.717, 1.165) is 0 Å². The van der Waals surface area contributed by atoms with Gasteiger partial charge in [0.1, 0.15) is 23.0 Å². The average Bonchev–Trinajstić information content (AvgIpc) is 3.32. The molecule has 4 rings (SSSR count). The summed E-state index contributed by atoms with van der Waals surface area (Å²) in [5.74, 6) is -0.295. The Kier molecular flexibility index (Phi) is 22.0. The number of carbonyl (C=O) groups is 6. The number of nitrogens with one attached hydrogen (secondary N) is 4. The van der Waals surface area contributed by atoms with Crippen LogP contribution in [-0.4, -0.2) is 76.2 Å². The van der Waals surface area contributed by atoms with E-state index in [1.54, 1.807) is 60.7 Å². The molecule has 0 atom stereocenters. The molecular weight excluding hydrogens is 897 g/mol. The van der Waals surface area contributed by atoms with E-state index in [0.29, 0.717) is 97.9 Å². The first kappa shape index (κ1) is 55.5. The van der Waals surface area contributed by atoms with Crippen LogP contribution in [0.25, 0.3) is 0 Å². The van der Waals surface area contributed by atoms with Crippen LogP contribution in [0.2, 0.25) is 0 Å². The van der Waals surface area contributed by atoms with Crippen LogP contribution >= 0.6 is 0 Å². The molecule has 0 radical (unpaired) electrons. The summed E-state index contributed by atoms with van der Waals surface area (Å²) >= 11 is 0. The SMILES string of the molecule is COC(=O)c1ccc(NC(=O)c2ccc(NC(=O)CCCCCCC(=O)Nc3ccc(C(=O)Nc4ccc(C(=O)OC)cc4OCC(C)C)cc3OCC(C)C)c(OCC(C)C)c2)c(OCC(C)C)c1. The van der Waals surface area contributed by atoms with E-state index in [9.17, 15) is 28.8 Å². The first-order chi connectivity index (χ1) is 33.4. The summed E-state index contributed by atoms with van der Waals surface area (Å²) in [5, 5.41) is 11.6. The number of esters is 2. The number of hydrogen-bond donors (Lipinski definition) is 4. The fraction of sp³-hybridized carbons (Fsp3) is 0.444. The van der Waals surface area contributed by atoms with Gasteiger partial charge < -0.3 is 49.7 Å². The monoisotopic (exact) mass is 966 g/mol. The Hall–Kier alpha value is -7.10. The van der Waals surface area contributed by atoms with Crippen molar-refractivity contribution in [2.75, 3.05) is 61.9 Å². The minimum atomic E-state index is -0.530. The van der Waals surface area contributed by atoms with Gasteiger partial charge in [-0.3, -0.25) is 19.2 Å². The number of hydrogen-bond acceptors (Lipinski definition) is 12. The second kappa shape index (κ2) is 27.8. The third kappa shape index (κ3) is 18.1. The van der Waals surface area contributed by atoms with Gasteiger partial charge in [-0.25, -0.2) is 9.59 Å². The molecule has 16 nitrogen and oxygen atoms in total. The standard InChI is InChI=1S/C54H70N4O12/c1-33(2)29-67-45-25-37(51(61)57-43-23-19-39(53(63)65-9)27-47(43)69-31-35(5)6)17-21-41(45)55-49(59)15-13-11-12-14-16-50(60)56-42-22-18-38(26-46(42)68-30-34(3)4)52(62)58-44-24-20-40(54(64)66-10)28-48(44)70-32-36(7)8/h17-28,33-36H,11-16,29-32H2,1-10H3,(H,55,59)(H,56,60)(H,57,61)(H,58,62). The van der Waals surface area contributed by atoms with Crippen LogP contribution < -0.4 is 40.2 Å². The van der Waals surface area contributed by atoms with Gasteiger partial charge in [-0.05, 0) is 109 Å². The lowest BCUT2D eigenvalue weighted by Crippen LogP contribution is -2.17. The van der Waals surface area contributed by atoms with Gasteiger partial charge in [0.2, 0.25) is 11.8 Å². The molecule has 0 bridgehead atoms. The molecule has 378 valence electrons. The van der Waals surface area contributed by atoms with Crippen molar-refractivity contribution in [2.45, 2.75) is 93.9 Å². The highest BCUT2D eigenvalue weighted by molar-refractivity contribution is 6.07. The van der Waals surface area contributed by atoms with Gasteiger partial charge in [0, 0.05) is 24.0 Å². The Morgan fingerprint density at radius 3 is 0.943 bits per heavy atom. The number of anilines is 4. The minimum absolute atomic E-state index is 0.174. The van der Waals surface area contributed by atoms with E-state index < -0.39 is 23.8 Å². The van der Waals surface area contributed by atoms with Crippen LogP contribution in [0.15, 0.2) is 72.8 Å². The van der Waals surface area contributed by atoms with Crippen LogP contribution in [0.5, 0.6) is 23.0 Å². The maximum atomic E-state index is 13.5. The second-order valence-electron chi connectivity index (χ2n) is 18.6. The lowest BCUT2D eigenvalue weighted by atomic mass is 10.1. The first-order valence-corrected chi connectivity index (χ1v) is 23.8. The zero-order valence-corrected chi connectivity index (χ0v) is 42.2. The second-order valence-corrected chi connectivity index (χ2v) is 18.6. The number of unbranched alkanes of at least 4 members (excludes halogenated alkanes) is 3. The Morgan fingerprint density at radius 2 is 0.657 bits per heavy atom. The normalized spacial score (nSPS) is 11.0. The van der Waals surface area contributed by atoms with Crippen LogP contribution in [0.4, 0.5) is 22.7 Å². The quantitative estimate of drug-likeness (QED) is 0.0325. The predicted octanol–water partition coefficient (Wildman–Crippen LogP) is 10.8. The van der Waals surface area contributed by atoms with Crippen molar-refractivity contribution in [3.8, 4) is 23.0 Å². The molecule has 0 spiro atoms. The Bertz CT molecular complexity index is 2260. The maximum Gasteiger partial charge on any atom is 0.337 e. The topological polar surface area (TPSA) is 206 Å². The minimum Gasteiger partial charge on any atom is -0.491 e. The fourth-order valence-electron chi connectivity index (χ4n) is 6.52. The average molecular weight is 967 g/mol. The molecule has 70 heavy (non-hydrogen) atoms. The number of rotatable bonds is 27. The van der Waals surface area contributed by atoms with Gasteiger partial charge in [-0.1, -0.05) is 68.2 Å². The number of ether oxygens (including phenoxy) is 6. The van der Waals surface area contributed by atoms with Gasteiger partial charge in [0.25, 0.3) is 11.8 Å². The molecule has 0 fully saturated rings. The smallest absolute Gasteiger partial charge is 0.337 e. The lowest BCUT2D eigenvalue weighted by Gasteiger charge is -2.17. The Balaban J connectivity index is 1.31. The zero-order valence-electron chi connectivity index (χ0n) is 42.2. The Morgan fingerprint density at radius 1 is 0.386 bits per heavy atom. The highest BCUT2D eigenvalue weighted by atomic mass is 16.5. The van der Waals surface area contributed by atoms with Crippen LogP contribution in [0.1, 0.15) is 135 Å². The molecule has 0 unspecified atom stereocenters. The molecule has 0 aromatic heterocycles. The molecule has 0 aliphatic rings. The Labute approximate surface area is 411 Å². The molecular formula is C54H70N4O12. The molecule has 0 saturated heterocycles. The van der Waals surface area contributed by atoms with E-state index in [1.165, 1.54) is 26.4 Å². The van der Waals surface area contributed by atoms with E-state index in [4.69, 9.17) is 28.4 Å². The van der Waals surface area contributed by atoms with Crippen molar-refractivity contribution in [2.24, 2.45) is 23.7 Å². The molecule has 4 amide bonds. The molecule has 4 aromatic rings. The highest BCUT2D eigenvalue weighted by Crippen LogP contribution is 2.33. The third-order valence-corrected chi connectivity index (χ3v) is 10.2. The fourth-order valence-corrected chi connectivity index (χ4v) is 6.52. The summed E-state index contributed by atoms with van der Waals surface area (Å²) in [6.07, 6.45) is 3.07. The van der Waals surface area contributed by atoms with Gasteiger partial charge in [0.05, 0.1) is 74.5 Å². The van der Waals surface area contributed by atoms with Crippen molar-refractivity contribution in [3.05, 3.63) is 95.1 Å². The number of methoxy groups -OCH3 is 2. The van der Waals surface area contributed by atoms with Gasteiger partial charge >= 0.3 is 11.9 Å². The molecule has 4 aromatic carbocycles. The molecule has 0 saturated carbocycles. The molecule has 0 aliphatic carbocycles. The molecule has 4 N–H and O–H groups in total. The van der Waals surface area contributed by atoms with Crippen molar-refractivity contribution in [1.82, 2.24) is 0 Å². The first-order valence-electron chi connectivity index (χ1n) is 23.8. The number of carbonyl (C=O) groups excluding carboxylic acids is 6. The van der Waals surface area contributed by atoms with Crippen molar-refractivity contribution < 1.29 is 57.2 Å². The number of benzene rings is 4. The molecule has 0 heterocycles. The summed E-state index contributed by atoms with van der Waals surface area (Å²) in [6.45, 7) is 17.4. The maximum absolute atomic E-state index is 13.5. The van der Waals surface area contributed by atoms with E-state index >= 15 is 0 Å². The van der Waals surface area contributed by atoms with Gasteiger partial charge in [0.15, 0.2) is 0 Å². The third-order valence-electron chi connectivity index (χ3n) is 10.2.